The van der Waals surface area contributed by atoms with Gasteiger partial charge in [0.1, 0.15) is 0 Å². The van der Waals surface area contributed by atoms with Crippen molar-refractivity contribution in [2.45, 2.75) is 155 Å². The molecule has 0 saturated heterocycles. The van der Waals surface area contributed by atoms with Gasteiger partial charge in [-0.2, -0.15) is 0 Å². The van der Waals surface area contributed by atoms with Crippen LogP contribution in [0, 0.1) is 11.8 Å². The summed E-state index contributed by atoms with van der Waals surface area (Å²) in [6.07, 6.45) is 32.6. The standard InChI is InChI=1S/C34H56/c1-3-5-7-9-11-13-15-29-17-21-31(22-18-29)33-25-27-34(28-26-33)32-23-19-30(20-24-32)16-14-12-10-8-6-4-2/h21,25-30,32H,3-20,22-24H2,1-2H3. The van der Waals surface area contributed by atoms with Crippen molar-refractivity contribution in [1.29, 1.82) is 0 Å². The van der Waals surface area contributed by atoms with E-state index in [2.05, 4.69) is 44.2 Å². The molecule has 192 valence electrons. The minimum Gasteiger partial charge on any atom is -0.0804 e. The van der Waals surface area contributed by atoms with E-state index < -0.39 is 0 Å². The zero-order chi connectivity index (χ0) is 23.8. The fourth-order valence-corrected chi connectivity index (χ4v) is 6.59. The van der Waals surface area contributed by atoms with Gasteiger partial charge in [-0.15, -0.1) is 0 Å². The van der Waals surface area contributed by atoms with Gasteiger partial charge < -0.3 is 0 Å². The summed E-state index contributed by atoms with van der Waals surface area (Å²) in [6, 6.07) is 9.82. The Labute approximate surface area is 213 Å². The molecule has 0 aliphatic heterocycles. The molecule has 1 atom stereocenters. The Morgan fingerprint density at radius 1 is 0.588 bits per heavy atom. The van der Waals surface area contributed by atoms with Crippen molar-refractivity contribution in [2.24, 2.45) is 11.8 Å². The zero-order valence-corrected chi connectivity index (χ0v) is 23.0. The van der Waals surface area contributed by atoms with E-state index in [1.165, 1.54) is 140 Å². The Hall–Kier alpha value is -1.04. The summed E-state index contributed by atoms with van der Waals surface area (Å²) in [5.74, 6) is 2.77. The monoisotopic (exact) mass is 464 g/mol. The molecule has 1 fully saturated rings. The van der Waals surface area contributed by atoms with Crippen LogP contribution in [0.4, 0.5) is 0 Å². The Morgan fingerprint density at radius 2 is 1.15 bits per heavy atom. The van der Waals surface area contributed by atoms with E-state index in [1.807, 2.05) is 0 Å². The maximum Gasteiger partial charge on any atom is -0.0162 e. The van der Waals surface area contributed by atoms with E-state index in [1.54, 1.807) is 11.1 Å². The second-order valence-corrected chi connectivity index (χ2v) is 11.8. The Bertz CT molecular complexity index is 658. The topological polar surface area (TPSA) is 0 Å². The highest BCUT2D eigenvalue weighted by molar-refractivity contribution is 5.66. The predicted molar refractivity (Wildman–Crippen MR) is 152 cm³/mol. The zero-order valence-electron chi connectivity index (χ0n) is 23.0. The predicted octanol–water partition coefficient (Wildman–Crippen LogP) is 11.6. The third-order valence-corrected chi connectivity index (χ3v) is 9.05. The van der Waals surface area contributed by atoms with Crippen LogP contribution in [0.5, 0.6) is 0 Å². The third-order valence-electron chi connectivity index (χ3n) is 9.05. The van der Waals surface area contributed by atoms with Crippen LogP contribution in [0.2, 0.25) is 0 Å². The van der Waals surface area contributed by atoms with Crippen LogP contribution >= 0.6 is 0 Å². The molecule has 0 amide bonds. The maximum absolute atomic E-state index is 2.58. The van der Waals surface area contributed by atoms with Crippen molar-refractivity contribution in [3.05, 3.63) is 41.5 Å². The first-order valence-electron chi connectivity index (χ1n) is 15.6. The third kappa shape index (κ3) is 9.91. The lowest BCUT2D eigenvalue weighted by molar-refractivity contribution is 0.302. The van der Waals surface area contributed by atoms with Gasteiger partial charge in [0, 0.05) is 0 Å². The largest absolute Gasteiger partial charge is 0.0804 e. The van der Waals surface area contributed by atoms with Crippen LogP contribution in [0.3, 0.4) is 0 Å². The van der Waals surface area contributed by atoms with E-state index in [9.17, 15) is 0 Å². The van der Waals surface area contributed by atoms with Gasteiger partial charge in [0.15, 0.2) is 0 Å². The minimum atomic E-state index is 0.817. The molecule has 0 aromatic heterocycles. The van der Waals surface area contributed by atoms with Crippen LogP contribution in [0.25, 0.3) is 5.57 Å². The fraction of sp³-hybridized carbons (Fsp3) is 0.765. The molecule has 0 heterocycles. The highest BCUT2D eigenvalue weighted by Gasteiger charge is 2.22. The first-order chi connectivity index (χ1) is 16.8. The molecule has 0 radical (unpaired) electrons. The van der Waals surface area contributed by atoms with Crippen molar-refractivity contribution < 1.29 is 0 Å². The maximum atomic E-state index is 2.58. The van der Waals surface area contributed by atoms with Crippen molar-refractivity contribution in [3.63, 3.8) is 0 Å². The molecule has 0 spiro atoms. The van der Waals surface area contributed by atoms with E-state index in [0.29, 0.717) is 0 Å². The highest BCUT2D eigenvalue weighted by atomic mass is 14.3. The van der Waals surface area contributed by atoms with Crippen LogP contribution in [-0.4, -0.2) is 0 Å². The van der Waals surface area contributed by atoms with Gasteiger partial charge in [0.05, 0.1) is 0 Å². The van der Waals surface area contributed by atoms with Crippen LogP contribution < -0.4 is 0 Å². The summed E-state index contributed by atoms with van der Waals surface area (Å²) in [7, 11) is 0. The quantitative estimate of drug-likeness (QED) is 0.213. The summed E-state index contributed by atoms with van der Waals surface area (Å²) in [4.78, 5) is 0. The number of hydrogen-bond donors (Lipinski definition) is 0. The summed E-state index contributed by atoms with van der Waals surface area (Å²) in [5.41, 5.74) is 4.73. The van der Waals surface area contributed by atoms with E-state index in [4.69, 9.17) is 0 Å². The van der Waals surface area contributed by atoms with Crippen molar-refractivity contribution in [1.82, 2.24) is 0 Å². The first kappa shape index (κ1) is 27.5. The Balaban J connectivity index is 1.33. The second kappa shape index (κ2) is 16.6. The lowest BCUT2D eigenvalue weighted by Gasteiger charge is -2.29. The highest BCUT2D eigenvalue weighted by Crippen LogP contribution is 2.39. The molecule has 3 rings (SSSR count). The van der Waals surface area contributed by atoms with Gasteiger partial charge >= 0.3 is 0 Å². The van der Waals surface area contributed by atoms with Crippen molar-refractivity contribution in [2.75, 3.05) is 0 Å². The van der Waals surface area contributed by atoms with Crippen molar-refractivity contribution >= 4 is 5.57 Å². The van der Waals surface area contributed by atoms with Gasteiger partial charge in [-0.05, 0) is 79.4 Å². The summed E-state index contributed by atoms with van der Waals surface area (Å²) in [5, 5.41) is 0. The molecule has 1 aromatic carbocycles. The number of benzene rings is 1. The van der Waals surface area contributed by atoms with E-state index in [0.717, 1.165) is 17.8 Å². The molecule has 2 aliphatic rings. The normalized spacial score (nSPS) is 23.1. The van der Waals surface area contributed by atoms with E-state index >= 15 is 0 Å². The molecule has 1 saturated carbocycles. The lowest BCUT2D eigenvalue weighted by atomic mass is 9.76. The molecule has 0 nitrogen and oxygen atoms in total. The molecule has 34 heavy (non-hydrogen) atoms. The summed E-state index contributed by atoms with van der Waals surface area (Å²) < 4.78 is 0. The van der Waals surface area contributed by atoms with Gasteiger partial charge in [-0.25, -0.2) is 0 Å². The average Bonchev–Trinajstić information content (AvgIpc) is 2.89. The average molecular weight is 465 g/mol. The molecule has 2 aliphatic carbocycles. The van der Waals surface area contributed by atoms with Gasteiger partial charge in [0.2, 0.25) is 0 Å². The number of rotatable bonds is 16. The Kier molecular flexibility index (Phi) is 13.4. The van der Waals surface area contributed by atoms with E-state index in [-0.39, 0.29) is 0 Å². The SMILES string of the molecule is CCCCCCCCC1CC=C(c2ccc(C3CCC(CCCCCCCC)CC3)cc2)CC1. The molecule has 1 aromatic rings. The smallest absolute Gasteiger partial charge is 0.0162 e. The summed E-state index contributed by atoms with van der Waals surface area (Å²) in [6.45, 7) is 4.62. The van der Waals surface area contributed by atoms with Crippen LogP contribution in [0.1, 0.15) is 166 Å². The van der Waals surface area contributed by atoms with Crippen LogP contribution in [0.15, 0.2) is 30.3 Å². The Morgan fingerprint density at radius 3 is 1.71 bits per heavy atom. The second-order valence-electron chi connectivity index (χ2n) is 11.8. The number of allylic oxidation sites excluding steroid dienone is 2. The van der Waals surface area contributed by atoms with Gasteiger partial charge in [0.25, 0.3) is 0 Å². The lowest BCUT2D eigenvalue weighted by Crippen LogP contribution is -2.13. The molecular weight excluding hydrogens is 408 g/mol. The number of unbranched alkanes of at least 4 members (excludes halogenated alkanes) is 10. The first-order valence-corrected chi connectivity index (χ1v) is 15.6. The van der Waals surface area contributed by atoms with Crippen molar-refractivity contribution in [3.8, 4) is 0 Å². The molecule has 0 N–H and O–H groups in total. The molecule has 1 unspecified atom stereocenters. The van der Waals surface area contributed by atoms with Gasteiger partial charge in [-0.3, -0.25) is 0 Å². The van der Waals surface area contributed by atoms with Crippen LogP contribution in [-0.2, 0) is 0 Å². The fourth-order valence-electron chi connectivity index (χ4n) is 6.59. The molecule has 0 bridgehead atoms. The summed E-state index contributed by atoms with van der Waals surface area (Å²) >= 11 is 0. The van der Waals surface area contributed by atoms with Gasteiger partial charge in [-0.1, -0.05) is 134 Å². The number of hydrogen-bond acceptors (Lipinski definition) is 0. The minimum absolute atomic E-state index is 0.817. The molecular formula is C34H56. The molecule has 0 heteroatoms.